The van der Waals surface area contributed by atoms with Gasteiger partial charge in [0.25, 0.3) is 0 Å². The van der Waals surface area contributed by atoms with Crippen LogP contribution in [-0.2, 0) is 9.22 Å². The van der Waals surface area contributed by atoms with Crippen LogP contribution in [0.25, 0.3) is 0 Å². The zero-order valence-electron chi connectivity index (χ0n) is 14.0. The number of carbonyl (C=O) groups excluding carboxylic acids is 1. The number of carbonyl (C=O) groups is 1. The van der Waals surface area contributed by atoms with E-state index >= 15 is 0 Å². The first-order chi connectivity index (χ1) is 9.60. The molecule has 1 N–H and O–H groups in total. The lowest BCUT2D eigenvalue weighted by atomic mass is 9.92. The van der Waals surface area contributed by atoms with E-state index in [4.69, 9.17) is 4.43 Å². The molecule has 0 amide bonds. The molecule has 1 aromatic carbocycles. The van der Waals surface area contributed by atoms with Gasteiger partial charge in [0.2, 0.25) is 0 Å². The first kappa shape index (κ1) is 18.1. The van der Waals surface area contributed by atoms with Crippen LogP contribution in [0.4, 0.5) is 0 Å². The fraction of sp³-hybridized carbons (Fsp3) is 0.588. The van der Waals surface area contributed by atoms with E-state index in [9.17, 15) is 9.90 Å². The summed E-state index contributed by atoms with van der Waals surface area (Å²) in [5.41, 5.74) is 0.825. The summed E-state index contributed by atoms with van der Waals surface area (Å²) in [5.74, 6) is -0.550. The lowest BCUT2D eigenvalue weighted by Crippen LogP contribution is -2.47. The van der Waals surface area contributed by atoms with E-state index in [1.165, 1.54) is 0 Å². The van der Waals surface area contributed by atoms with Crippen molar-refractivity contribution in [3.63, 3.8) is 0 Å². The third kappa shape index (κ3) is 4.50. The van der Waals surface area contributed by atoms with Crippen LogP contribution in [0, 0.1) is 0 Å². The van der Waals surface area contributed by atoms with E-state index in [2.05, 4.69) is 33.9 Å². The molecule has 0 aromatic heterocycles. The Morgan fingerprint density at radius 2 is 1.71 bits per heavy atom. The van der Waals surface area contributed by atoms with Gasteiger partial charge < -0.3 is 14.3 Å². The number of hydrogen-bond acceptors (Lipinski definition) is 3. The molecule has 4 heteroatoms. The molecule has 1 rings (SSSR count). The summed E-state index contributed by atoms with van der Waals surface area (Å²) in [6.45, 7) is 12.6. The van der Waals surface area contributed by atoms with E-state index in [1.54, 1.807) is 0 Å². The van der Waals surface area contributed by atoms with Crippen LogP contribution in [0.1, 0.15) is 39.2 Å². The van der Waals surface area contributed by atoms with Crippen molar-refractivity contribution in [1.29, 1.82) is 0 Å². The molecule has 0 saturated carbocycles. The van der Waals surface area contributed by atoms with Crippen molar-refractivity contribution in [3.05, 3.63) is 35.9 Å². The average Bonchev–Trinajstić information content (AvgIpc) is 2.38. The van der Waals surface area contributed by atoms with Gasteiger partial charge in [0.05, 0.1) is 18.1 Å². The monoisotopic (exact) mass is 308 g/mol. The zero-order valence-corrected chi connectivity index (χ0v) is 15.0. The van der Waals surface area contributed by atoms with Gasteiger partial charge >= 0.3 is 0 Å². The predicted octanol–water partition coefficient (Wildman–Crippen LogP) is 3.74. The highest BCUT2D eigenvalue weighted by molar-refractivity contribution is 6.74. The van der Waals surface area contributed by atoms with Crippen molar-refractivity contribution in [2.75, 3.05) is 0 Å². The third-order valence-corrected chi connectivity index (χ3v) is 9.04. The van der Waals surface area contributed by atoms with Gasteiger partial charge in [-0.25, -0.2) is 0 Å². The summed E-state index contributed by atoms with van der Waals surface area (Å²) in [7, 11) is -1.97. The van der Waals surface area contributed by atoms with Gasteiger partial charge in [0.1, 0.15) is 6.29 Å². The summed E-state index contributed by atoms with van der Waals surface area (Å²) in [5, 5.41) is 10.6. The number of benzene rings is 1. The smallest absolute Gasteiger partial charge is 0.192 e. The number of aliphatic hydroxyl groups excluding tert-OH is 1. The Kier molecular flexibility index (Phi) is 5.90. The topological polar surface area (TPSA) is 46.5 Å². The molecule has 0 fully saturated rings. The van der Waals surface area contributed by atoms with Crippen LogP contribution >= 0.6 is 0 Å². The molecule has 0 aliphatic carbocycles. The molecular weight excluding hydrogens is 280 g/mol. The summed E-state index contributed by atoms with van der Waals surface area (Å²) >= 11 is 0. The molecule has 118 valence electrons. The average molecular weight is 308 g/mol. The van der Waals surface area contributed by atoms with E-state index < -0.39 is 20.3 Å². The van der Waals surface area contributed by atoms with Gasteiger partial charge in [-0.1, -0.05) is 51.1 Å². The van der Waals surface area contributed by atoms with Crippen LogP contribution in [0.5, 0.6) is 0 Å². The first-order valence-electron chi connectivity index (χ1n) is 7.46. The van der Waals surface area contributed by atoms with Gasteiger partial charge in [-0.3, -0.25) is 0 Å². The molecule has 3 atom stereocenters. The largest absolute Gasteiger partial charge is 0.412 e. The summed E-state index contributed by atoms with van der Waals surface area (Å²) in [6.07, 6.45) is -0.397. The Morgan fingerprint density at radius 1 is 1.19 bits per heavy atom. The summed E-state index contributed by atoms with van der Waals surface area (Å²) in [6, 6.07) is 9.37. The normalized spacial score (nSPS) is 17.1. The van der Waals surface area contributed by atoms with Crippen molar-refractivity contribution in [1.82, 2.24) is 0 Å². The Hall–Kier alpha value is -0.973. The Morgan fingerprint density at radius 3 is 2.14 bits per heavy atom. The van der Waals surface area contributed by atoms with Crippen molar-refractivity contribution in [2.45, 2.75) is 64.0 Å². The molecule has 0 aliphatic heterocycles. The summed E-state index contributed by atoms with van der Waals surface area (Å²) < 4.78 is 6.20. The Bertz CT molecular complexity index is 451. The number of aldehydes is 1. The standard InChI is InChI=1S/C17H28O3Si/c1-13(20-21(5,6)17(2,3)4)16(19)15(12-18)14-10-8-7-9-11-14/h7-13,15-16,19H,1-6H3/t13-,15-,16-/m1/s1. The molecule has 0 aliphatic rings. The molecule has 21 heavy (non-hydrogen) atoms. The number of aliphatic hydroxyl groups is 1. The Balaban J connectivity index is 2.86. The second kappa shape index (κ2) is 6.86. The van der Waals surface area contributed by atoms with E-state index in [-0.39, 0.29) is 11.1 Å². The third-order valence-electron chi connectivity index (χ3n) is 4.47. The second-order valence-electron chi connectivity index (χ2n) is 7.15. The van der Waals surface area contributed by atoms with Gasteiger partial charge in [0.15, 0.2) is 8.32 Å². The van der Waals surface area contributed by atoms with Crippen molar-refractivity contribution in [2.24, 2.45) is 0 Å². The number of rotatable bonds is 6. The Labute approximate surface area is 129 Å². The van der Waals surface area contributed by atoms with Gasteiger partial charge in [-0.15, -0.1) is 0 Å². The van der Waals surface area contributed by atoms with Gasteiger partial charge in [-0.2, -0.15) is 0 Å². The second-order valence-corrected chi connectivity index (χ2v) is 11.9. The van der Waals surface area contributed by atoms with Crippen LogP contribution in [0.2, 0.25) is 18.1 Å². The molecule has 0 radical (unpaired) electrons. The highest BCUT2D eigenvalue weighted by Gasteiger charge is 2.40. The maximum Gasteiger partial charge on any atom is 0.192 e. The fourth-order valence-electron chi connectivity index (χ4n) is 2.03. The molecule has 0 heterocycles. The fourth-order valence-corrected chi connectivity index (χ4v) is 3.46. The minimum Gasteiger partial charge on any atom is -0.412 e. The zero-order chi connectivity index (χ0) is 16.3. The lowest BCUT2D eigenvalue weighted by molar-refractivity contribution is -0.113. The molecule has 0 spiro atoms. The lowest BCUT2D eigenvalue weighted by Gasteiger charge is -2.40. The molecule has 1 aromatic rings. The molecule has 0 bridgehead atoms. The van der Waals surface area contributed by atoms with Crippen LogP contribution in [-0.4, -0.2) is 31.9 Å². The van der Waals surface area contributed by atoms with E-state index in [0.29, 0.717) is 0 Å². The highest BCUT2D eigenvalue weighted by atomic mass is 28.4. The SMILES string of the molecule is C[C@@H](O[Si](C)(C)C(C)(C)C)[C@@H](O)[C@H](C=O)c1ccccc1. The maximum atomic E-state index is 11.4. The molecule has 0 saturated heterocycles. The molecular formula is C17H28O3Si. The van der Waals surface area contributed by atoms with Crippen LogP contribution < -0.4 is 0 Å². The number of hydrogen-bond donors (Lipinski definition) is 1. The minimum atomic E-state index is -1.97. The van der Waals surface area contributed by atoms with Crippen molar-refractivity contribution >= 4 is 14.6 Å². The summed E-state index contributed by atoms with van der Waals surface area (Å²) in [4.78, 5) is 11.4. The van der Waals surface area contributed by atoms with Gasteiger partial charge in [-0.05, 0) is 30.6 Å². The highest BCUT2D eigenvalue weighted by Crippen LogP contribution is 2.38. The minimum absolute atomic E-state index is 0.0738. The quantitative estimate of drug-likeness (QED) is 0.643. The first-order valence-corrected chi connectivity index (χ1v) is 10.4. The van der Waals surface area contributed by atoms with E-state index in [0.717, 1.165) is 11.8 Å². The predicted molar refractivity (Wildman–Crippen MR) is 89.0 cm³/mol. The van der Waals surface area contributed by atoms with Crippen LogP contribution in [0.3, 0.4) is 0 Å². The van der Waals surface area contributed by atoms with Crippen molar-refractivity contribution in [3.8, 4) is 0 Å². The molecule has 3 nitrogen and oxygen atoms in total. The van der Waals surface area contributed by atoms with E-state index in [1.807, 2.05) is 37.3 Å². The van der Waals surface area contributed by atoms with Crippen molar-refractivity contribution < 1.29 is 14.3 Å². The maximum absolute atomic E-state index is 11.4. The molecule has 0 unspecified atom stereocenters. The van der Waals surface area contributed by atoms with Crippen LogP contribution in [0.15, 0.2) is 30.3 Å². The van der Waals surface area contributed by atoms with Gasteiger partial charge in [0, 0.05) is 0 Å².